The second-order valence-electron chi connectivity index (χ2n) is 4.00. The number of carbonyl (C=O) groups is 1. The summed E-state index contributed by atoms with van der Waals surface area (Å²) in [5.41, 5.74) is 0.531. The Labute approximate surface area is 104 Å². The average Bonchev–Trinajstić information content (AvgIpc) is 2.38. The third-order valence-electron chi connectivity index (χ3n) is 2.72. The van der Waals surface area contributed by atoms with Gasteiger partial charge in [0.2, 0.25) is 0 Å². The molecule has 4 heteroatoms. The van der Waals surface area contributed by atoms with E-state index >= 15 is 0 Å². The van der Waals surface area contributed by atoms with E-state index in [-0.39, 0.29) is 11.4 Å². The van der Waals surface area contributed by atoms with Crippen molar-refractivity contribution in [3.63, 3.8) is 0 Å². The van der Waals surface area contributed by atoms with Crippen LogP contribution >= 0.6 is 0 Å². The highest BCUT2D eigenvalue weighted by Gasteiger charge is 2.05. The van der Waals surface area contributed by atoms with E-state index in [2.05, 4.69) is 4.74 Å². The van der Waals surface area contributed by atoms with Crippen LogP contribution in [0.5, 0.6) is 0 Å². The molecule has 0 bridgehead atoms. The number of ether oxygens (including phenoxy) is 1. The van der Waals surface area contributed by atoms with Crippen molar-refractivity contribution in [2.75, 3.05) is 7.11 Å². The molecule has 1 aromatic heterocycles. The summed E-state index contributed by atoms with van der Waals surface area (Å²) in [5, 5.41) is 0.578. The van der Waals surface area contributed by atoms with E-state index in [9.17, 15) is 9.59 Å². The number of methoxy groups -OCH3 is 1. The van der Waals surface area contributed by atoms with Crippen molar-refractivity contribution in [2.24, 2.45) is 0 Å². The lowest BCUT2D eigenvalue weighted by Gasteiger charge is -2.02. The summed E-state index contributed by atoms with van der Waals surface area (Å²) in [7, 11) is 1.36. The van der Waals surface area contributed by atoms with E-state index in [4.69, 9.17) is 4.42 Å². The Bertz CT molecular complexity index is 612. The van der Waals surface area contributed by atoms with Crippen LogP contribution in [0.3, 0.4) is 0 Å². The fourth-order valence-corrected chi connectivity index (χ4v) is 1.79. The summed E-state index contributed by atoms with van der Waals surface area (Å²) in [6.45, 7) is 0. The van der Waals surface area contributed by atoms with Crippen molar-refractivity contribution in [3.8, 4) is 0 Å². The first-order valence-electron chi connectivity index (χ1n) is 5.79. The number of aryl methyl sites for hydroxylation is 1. The Morgan fingerprint density at radius 1 is 1.33 bits per heavy atom. The molecular formula is C14H14O4. The Hall–Kier alpha value is -2.10. The largest absolute Gasteiger partial charge is 0.469 e. The number of esters is 1. The van der Waals surface area contributed by atoms with Gasteiger partial charge in [-0.25, -0.2) is 0 Å². The molecule has 2 aromatic rings. The van der Waals surface area contributed by atoms with Crippen LogP contribution in [0.4, 0.5) is 0 Å². The number of para-hydroxylation sites is 1. The van der Waals surface area contributed by atoms with Crippen molar-refractivity contribution in [1.82, 2.24) is 0 Å². The van der Waals surface area contributed by atoms with E-state index in [0.717, 1.165) is 0 Å². The standard InChI is InChI=1S/C14H14O4/c1-17-14(16)8-4-5-10-9-12(15)11-6-2-3-7-13(11)18-10/h2-3,6-7,9H,4-5,8H2,1H3. The number of fused-ring (bicyclic) bond motifs is 1. The van der Waals surface area contributed by atoms with E-state index in [0.29, 0.717) is 36.0 Å². The lowest BCUT2D eigenvalue weighted by molar-refractivity contribution is -0.140. The molecule has 94 valence electrons. The van der Waals surface area contributed by atoms with Crippen molar-refractivity contribution < 1.29 is 13.9 Å². The number of benzene rings is 1. The zero-order valence-electron chi connectivity index (χ0n) is 10.1. The van der Waals surface area contributed by atoms with Crippen LogP contribution < -0.4 is 5.43 Å². The molecule has 4 nitrogen and oxygen atoms in total. The topological polar surface area (TPSA) is 56.5 Å². The van der Waals surface area contributed by atoms with Crippen LogP contribution in [0, 0.1) is 0 Å². The van der Waals surface area contributed by atoms with Gasteiger partial charge in [0.15, 0.2) is 5.43 Å². The van der Waals surface area contributed by atoms with Gasteiger partial charge in [-0.2, -0.15) is 0 Å². The van der Waals surface area contributed by atoms with Crippen LogP contribution in [0.1, 0.15) is 18.6 Å². The predicted octanol–water partition coefficient (Wildman–Crippen LogP) is 2.29. The Morgan fingerprint density at radius 3 is 2.89 bits per heavy atom. The van der Waals surface area contributed by atoms with Gasteiger partial charge in [0.05, 0.1) is 12.5 Å². The molecule has 0 amide bonds. The molecule has 0 spiro atoms. The Balaban J connectivity index is 2.15. The first-order chi connectivity index (χ1) is 8.70. The molecule has 0 aliphatic carbocycles. The minimum atomic E-state index is -0.252. The summed E-state index contributed by atoms with van der Waals surface area (Å²) >= 11 is 0. The van der Waals surface area contributed by atoms with Crippen molar-refractivity contribution in [1.29, 1.82) is 0 Å². The summed E-state index contributed by atoms with van der Waals surface area (Å²) in [4.78, 5) is 22.8. The highest BCUT2D eigenvalue weighted by atomic mass is 16.5. The molecule has 1 heterocycles. The van der Waals surface area contributed by atoms with Crippen molar-refractivity contribution in [2.45, 2.75) is 19.3 Å². The number of rotatable bonds is 4. The number of carbonyl (C=O) groups excluding carboxylic acids is 1. The van der Waals surface area contributed by atoms with Gasteiger partial charge < -0.3 is 9.15 Å². The molecular weight excluding hydrogens is 232 g/mol. The lowest BCUT2D eigenvalue weighted by atomic mass is 10.1. The fraction of sp³-hybridized carbons (Fsp3) is 0.286. The molecule has 18 heavy (non-hydrogen) atoms. The fourth-order valence-electron chi connectivity index (χ4n) is 1.79. The zero-order valence-corrected chi connectivity index (χ0v) is 10.1. The monoisotopic (exact) mass is 246 g/mol. The van der Waals surface area contributed by atoms with Crippen LogP contribution in [-0.4, -0.2) is 13.1 Å². The average molecular weight is 246 g/mol. The van der Waals surface area contributed by atoms with Gasteiger partial charge in [-0.3, -0.25) is 9.59 Å². The number of hydrogen-bond donors (Lipinski definition) is 0. The maximum absolute atomic E-state index is 11.8. The molecule has 0 fully saturated rings. The highest BCUT2D eigenvalue weighted by Crippen LogP contribution is 2.13. The molecule has 0 unspecified atom stereocenters. The van der Waals surface area contributed by atoms with Gasteiger partial charge in [-0.15, -0.1) is 0 Å². The maximum atomic E-state index is 11.8. The summed E-state index contributed by atoms with van der Waals surface area (Å²) in [5.74, 6) is 0.348. The normalized spacial score (nSPS) is 10.5. The van der Waals surface area contributed by atoms with E-state index in [1.807, 2.05) is 6.07 Å². The third kappa shape index (κ3) is 2.77. The van der Waals surface area contributed by atoms with E-state index in [1.165, 1.54) is 13.2 Å². The van der Waals surface area contributed by atoms with Crippen LogP contribution in [0.15, 0.2) is 39.5 Å². The first kappa shape index (κ1) is 12.4. The number of hydrogen-bond acceptors (Lipinski definition) is 4. The molecule has 0 atom stereocenters. The summed E-state index contributed by atoms with van der Waals surface area (Å²) in [6, 6.07) is 8.61. The SMILES string of the molecule is COC(=O)CCCc1cc(=O)c2ccccc2o1. The van der Waals surface area contributed by atoms with Gasteiger partial charge in [0, 0.05) is 18.9 Å². The second kappa shape index (κ2) is 5.49. The first-order valence-corrected chi connectivity index (χ1v) is 5.79. The van der Waals surface area contributed by atoms with E-state index in [1.54, 1.807) is 18.2 Å². The smallest absolute Gasteiger partial charge is 0.305 e. The van der Waals surface area contributed by atoms with E-state index < -0.39 is 0 Å². The quantitative estimate of drug-likeness (QED) is 0.777. The van der Waals surface area contributed by atoms with Gasteiger partial charge in [-0.1, -0.05) is 12.1 Å². The molecule has 0 aliphatic rings. The molecule has 0 radical (unpaired) electrons. The predicted molar refractivity (Wildman–Crippen MR) is 67.4 cm³/mol. The zero-order chi connectivity index (χ0) is 13.0. The van der Waals surface area contributed by atoms with Crippen LogP contribution in [-0.2, 0) is 16.0 Å². The van der Waals surface area contributed by atoms with Gasteiger partial charge in [-0.05, 0) is 18.6 Å². The highest BCUT2D eigenvalue weighted by molar-refractivity contribution is 5.76. The minimum absolute atomic E-state index is 0.0510. The van der Waals surface area contributed by atoms with Gasteiger partial charge in [0.1, 0.15) is 11.3 Å². The second-order valence-corrected chi connectivity index (χ2v) is 4.00. The maximum Gasteiger partial charge on any atom is 0.305 e. The Morgan fingerprint density at radius 2 is 2.11 bits per heavy atom. The molecule has 2 rings (SSSR count). The summed E-state index contributed by atoms with van der Waals surface area (Å²) < 4.78 is 10.2. The molecule has 0 N–H and O–H groups in total. The third-order valence-corrected chi connectivity index (χ3v) is 2.72. The molecule has 0 aliphatic heterocycles. The molecule has 1 aromatic carbocycles. The van der Waals surface area contributed by atoms with Gasteiger partial charge >= 0.3 is 5.97 Å². The van der Waals surface area contributed by atoms with Gasteiger partial charge in [0.25, 0.3) is 0 Å². The van der Waals surface area contributed by atoms with Crippen molar-refractivity contribution in [3.05, 3.63) is 46.3 Å². The van der Waals surface area contributed by atoms with Crippen molar-refractivity contribution >= 4 is 16.9 Å². The Kier molecular flexibility index (Phi) is 3.77. The van der Waals surface area contributed by atoms with Crippen LogP contribution in [0.2, 0.25) is 0 Å². The van der Waals surface area contributed by atoms with Crippen LogP contribution in [0.25, 0.3) is 11.0 Å². The lowest BCUT2D eigenvalue weighted by Crippen LogP contribution is -2.04. The summed E-state index contributed by atoms with van der Waals surface area (Å²) in [6.07, 6.45) is 1.48. The minimum Gasteiger partial charge on any atom is -0.469 e. The molecule has 0 saturated carbocycles. The molecule has 0 saturated heterocycles.